The third-order valence-corrected chi connectivity index (χ3v) is 3.90. The second-order valence-corrected chi connectivity index (χ2v) is 5.54. The molecule has 0 aliphatic heterocycles. The molecule has 1 N–H and O–H groups in total. The Morgan fingerprint density at radius 1 is 1.65 bits per heavy atom. The van der Waals surface area contributed by atoms with E-state index < -0.39 is 5.97 Å². The van der Waals surface area contributed by atoms with Crippen LogP contribution in [0.5, 0.6) is 0 Å². The Morgan fingerprint density at radius 2 is 2.41 bits per heavy atom. The molecule has 2 rings (SSSR count). The summed E-state index contributed by atoms with van der Waals surface area (Å²) in [5.41, 5.74) is 1.01. The lowest BCUT2D eigenvalue weighted by Gasteiger charge is -2.18. The van der Waals surface area contributed by atoms with E-state index in [1.165, 1.54) is 12.8 Å². The average Bonchev–Trinajstić information content (AvgIpc) is 2.95. The van der Waals surface area contributed by atoms with E-state index in [0.717, 1.165) is 23.7 Å². The van der Waals surface area contributed by atoms with Gasteiger partial charge in [0.05, 0.1) is 17.2 Å². The molecule has 0 amide bonds. The normalized spacial score (nSPS) is 15.4. The Kier molecular flexibility index (Phi) is 4.12. The fourth-order valence-electron chi connectivity index (χ4n) is 1.85. The molecule has 1 aliphatic rings. The molecule has 0 unspecified atom stereocenters. The van der Waals surface area contributed by atoms with Crippen molar-refractivity contribution in [3.63, 3.8) is 0 Å². The number of thiazole rings is 1. The van der Waals surface area contributed by atoms with E-state index in [-0.39, 0.29) is 6.54 Å². The van der Waals surface area contributed by atoms with Gasteiger partial charge in [-0.1, -0.05) is 6.92 Å². The number of carbonyl (C=O) groups is 1. The maximum Gasteiger partial charge on any atom is 0.317 e. The number of nitrogens with zero attached hydrogens (tertiary/aromatic N) is 2. The van der Waals surface area contributed by atoms with Gasteiger partial charge in [-0.15, -0.1) is 11.3 Å². The molecule has 17 heavy (non-hydrogen) atoms. The number of rotatable bonds is 7. The highest BCUT2D eigenvalue weighted by molar-refractivity contribution is 7.09. The molecular weight excluding hydrogens is 236 g/mol. The van der Waals surface area contributed by atoms with Gasteiger partial charge in [0.1, 0.15) is 0 Å². The summed E-state index contributed by atoms with van der Waals surface area (Å²) in [5, 5.41) is 12.1. The SMILES string of the molecule is CCc1nc(CN(CC(=O)O)CC2CC2)cs1. The Labute approximate surface area is 105 Å². The highest BCUT2D eigenvalue weighted by Gasteiger charge is 2.25. The minimum atomic E-state index is -0.753. The number of aliphatic carboxylic acids is 1. The van der Waals surface area contributed by atoms with Crippen molar-refractivity contribution in [2.45, 2.75) is 32.7 Å². The largest absolute Gasteiger partial charge is 0.480 e. The minimum Gasteiger partial charge on any atom is -0.480 e. The molecule has 1 aromatic heterocycles. The van der Waals surface area contributed by atoms with E-state index in [1.54, 1.807) is 11.3 Å². The highest BCUT2D eigenvalue weighted by Crippen LogP contribution is 2.30. The van der Waals surface area contributed by atoms with Gasteiger partial charge in [0, 0.05) is 18.5 Å². The summed E-state index contributed by atoms with van der Waals surface area (Å²) in [4.78, 5) is 17.3. The van der Waals surface area contributed by atoms with Crippen LogP contribution in [0.2, 0.25) is 0 Å². The zero-order valence-corrected chi connectivity index (χ0v) is 10.9. The summed E-state index contributed by atoms with van der Waals surface area (Å²) in [7, 11) is 0. The Hall–Kier alpha value is -0.940. The Morgan fingerprint density at radius 3 is 2.94 bits per heavy atom. The molecule has 1 fully saturated rings. The second kappa shape index (κ2) is 5.60. The summed E-state index contributed by atoms with van der Waals surface area (Å²) < 4.78 is 0. The lowest BCUT2D eigenvalue weighted by atomic mass is 10.3. The molecule has 0 spiro atoms. The quantitative estimate of drug-likeness (QED) is 0.808. The molecule has 94 valence electrons. The lowest BCUT2D eigenvalue weighted by molar-refractivity contribution is -0.138. The third-order valence-electron chi connectivity index (χ3n) is 2.86. The van der Waals surface area contributed by atoms with Gasteiger partial charge < -0.3 is 5.11 Å². The molecule has 5 heteroatoms. The zero-order valence-electron chi connectivity index (χ0n) is 10.1. The van der Waals surface area contributed by atoms with Crippen molar-refractivity contribution in [3.8, 4) is 0 Å². The van der Waals surface area contributed by atoms with Crippen LogP contribution in [0.25, 0.3) is 0 Å². The van der Waals surface area contributed by atoms with E-state index in [1.807, 2.05) is 10.3 Å². The van der Waals surface area contributed by atoms with Gasteiger partial charge in [-0.05, 0) is 25.2 Å². The van der Waals surface area contributed by atoms with Crippen LogP contribution < -0.4 is 0 Å². The number of aryl methyl sites for hydroxylation is 1. The van der Waals surface area contributed by atoms with Gasteiger partial charge in [0.25, 0.3) is 0 Å². The van der Waals surface area contributed by atoms with Crippen LogP contribution in [-0.4, -0.2) is 34.0 Å². The van der Waals surface area contributed by atoms with Crippen molar-refractivity contribution in [1.29, 1.82) is 0 Å². The molecule has 1 aromatic rings. The number of aromatic nitrogens is 1. The van der Waals surface area contributed by atoms with Gasteiger partial charge >= 0.3 is 5.97 Å². The fraction of sp³-hybridized carbons (Fsp3) is 0.667. The van der Waals surface area contributed by atoms with Crippen LogP contribution in [-0.2, 0) is 17.8 Å². The third kappa shape index (κ3) is 4.09. The number of hydrogen-bond donors (Lipinski definition) is 1. The molecule has 1 saturated carbocycles. The fourth-order valence-corrected chi connectivity index (χ4v) is 2.59. The zero-order chi connectivity index (χ0) is 12.3. The molecule has 1 aliphatic carbocycles. The minimum absolute atomic E-state index is 0.121. The van der Waals surface area contributed by atoms with Crippen LogP contribution in [0.4, 0.5) is 0 Å². The van der Waals surface area contributed by atoms with Crippen LogP contribution in [0.1, 0.15) is 30.5 Å². The molecular formula is C12H18N2O2S. The van der Waals surface area contributed by atoms with Gasteiger partial charge in [-0.2, -0.15) is 0 Å². The smallest absolute Gasteiger partial charge is 0.317 e. The molecule has 0 saturated heterocycles. The number of carboxylic acid groups (broad SMARTS) is 1. The van der Waals surface area contributed by atoms with Crippen molar-refractivity contribution in [1.82, 2.24) is 9.88 Å². The van der Waals surface area contributed by atoms with E-state index in [2.05, 4.69) is 11.9 Å². The van der Waals surface area contributed by atoms with Crippen LogP contribution in [0.15, 0.2) is 5.38 Å². The Bertz CT molecular complexity index is 388. The predicted molar refractivity (Wildman–Crippen MR) is 67.1 cm³/mol. The molecule has 0 radical (unpaired) electrons. The van der Waals surface area contributed by atoms with E-state index in [0.29, 0.717) is 12.5 Å². The Balaban J connectivity index is 1.92. The number of hydrogen-bond acceptors (Lipinski definition) is 4. The molecule has 4 nitrogen and oxygen atoms in total. The maximum atomic E-state index is 10.8. The molecule has 0 atom stereocenters. The summed E-state index contributed by atoms with van der Waals surface area (Å²) in [6, 6.07) is 0. The summed E-state index contributed by atoms with van der Waals surface area (Å²) >= 11 is 1.66. The first-order valence-corrected chi connectivity index (χ1v) is 6.92. The van der Waals surface area contributed by atoms with Crippen molar-refractivity contribution in [3.05, 3.63) is 16.1 Å². The van der Waals surface area contributed by atoms with Gasteiger partial charge in [-0.3, -0.25) is 9.69 Å². The number of carboxylic acids is 1. The highest BCUT2D eigenvalue weighted by atomic mass is 32.1. The topological polar surface area (TPSA) is 53.4 Å². The average molecular weight is 254 g/mol. The lowest BCUT2D eigenvalue weighted by Crippen LogP contribution is -2.31. The summed E-state index contributed by atoms with van der Waals surface area (Å²) in [6.45, 7) is 3.77. The van der Waals surface area contributed by atoms with Crippen molar-refractivity contribution < 1.29 is 9.90 Å². The summed E-state index contributed by atoms with van der Waals surface area (Å²) in [5.74, 6) is -0.0461. The molecule has 0 bridgehead atoms. The van der Waals surface area contributed by atoms with Crippen molar-refractivity contribution >= 4 is 17.3 Å². The van der Waals surface area contributed by atoms with Crippen LogP contribution in [0, 0.1) is 5.92 Å². The standard InChI is InChI=1S/C12H18N2O2S/c1-2-11-13-10(8-17-11)6-14(7-12(15)16)5-9-3-4-9/h8-9H,2-7H2,1H3,(H,15,16). The monoisotopic (exact) mass is 254 g/mol. The van der Waals surface area contributed by atoms with Gasteiger partial charge in [-0.25, -0.2) is 4.98 Å². The van der Waals surface area contributed by atoms with Crippen LogP contribution >= 0.6 is 11.3 Å². The van der Waals surface area contributed by atoms with Gasteiger partial charge in [0.2, 0.25) is 0 Å². The molecule has 0 aromatic carbocycles. The van der Waals surface area contributed by atoms with Gasteiger partial charge in [0.15, 0.2) is 0 Å². The van der Waals surface area contributed by atoms with Crippen molar-refractivity contribution in [2.75, 3.05) is 13.1 Å². The van der Waals surface area contributed by atoms with Crippen molar-refractivity contribution in [2.24, 2.45) is 5.92 Å². The molecule has 1 heterocycles. The second-order valence-electron chi connectivity index (χ2n) is 4.59. The first-order chi connectivity index (χ1) is 8.17. The van der Waals surface area contributed by atoms with E-state index in [4.69, 9.17) is 5.11 Å². The first-order valence-electron chi connectivity index (χ1n) is 6.04. The summed E-state index contributed by atoms with van der Waals surface area (Å²) in [6.07, 6.45) is 3.44. The van der Waals surface area contributed by atoms with E-state index in [9.17, 15) is 4.79 Å². The predicted octanol–water partition coefficient (Wildman–Crippen LogP) is 2.00. The van der Waals surface area contributed by atoms with E-state index >= 15 is 0 Å². The maximum absolute atomic E-state index is 10.8. The first kappa shape index (κ1) is 12.5. The van der Waals surface area contributed by atoms with Crippen LogP contribution in [0.3, 0.4) is 0 Å².